The molecule has 160 valence electrons. The molecule has 6 nitrogen and oxygen atoms in total. The lowest BCUT2D eigenvalue weighted by Crippen LogP contribution is -2.47. The third kappa shape index (κ3) is 7.08. The van der Waals surface area contributed by atoms with Crippen molar-refractivity contribution >= 4 is 29.9 Å². The van der Waals surface area contributed by atoms with Crippen molar-refractivity contribution in [2.75, 3.05) is 33.4 Å². The molecule has 0 saturated carbocycles. The first-order chi connectivity index (χ1) is 13.7. The molecule has 0 spiro atoms. The van der Waals surface area contributed by atoms with Crippen LogP contribution >= 0.6 is 24.0 Å². The fourth-order valence-corrected chi connectivity index (χ4v) is 3.70. The van der Waals surface area contributed by atoms with Crippen LogP contribution in [0.25, 0.3) is 0 Å². The first-order valence-electron chi connectivity index (χ1n) is 10.1. The molecule has 1 N–H and O–H groups in total. The molecule has 3 rings (SSSR count). The third-order valence-electron chi connectivity index (χ3n) is 5.36. The summed E-state index contributed by atoms with van der Waals surface area (Å²) in [4.78, 5) is 6.50. The predicted octanol–water partition coefficient (Wildman–Crippen LogP) is 3.44. The molecule has 2 aliphatic heterocycles. The van der Waals surface area contributed by atoms with Crippen molar-refractivity contribution in [1.29, 1.82) is 5.26 Å². The van der Waals surface area contributed by atoms with Crippen LogP contribution in [-0.2, 0) is 16.0 Å². The number of piperidine rings is 1. The molecule has 8 heteroatoms. The Kier molecular flexibility index (Phi) is 10.1. The Balaban J connectivity index is 0.00000300. The second kappa shape index (κ2) is 12.3. The number of halogens is 2. The molecule has 1 atom stereocenters. The normalized spacial score (nSPS) is 20.7. The van der Waals surface area contributed by atoms with Crippen LogP contribution in [0.2, 0.25) is 0 Å². The van der Waals surface area contributed by atoms with E-state index in [0.717, 1.165) is 51.3 Å². The van der Waals surface area contributed by atoms with Gasteiger partial charge in [-0.2, -0.15) is 5.26 Å². The van der Waals surface area contributed by atoms with Crippen molar-refractivity contribution in [2.24, 2.45) is 4.99 Å². The van der Waals surface area contributed by atoms with Gasteiger partial charge in [-0.1, -0.05) is 0 Å². The summed E-state index contributed by atoms with van der Waals surface area (Å²) in [6.07, 6.45) is 5.86. The summed E-state index contributed by atoms with van der Waals surface area (Å²) in [5, 5.41) is 12.2. The van der Waals surface area contributed by atoms with Crippen molar-refractivity contribution in [3.05, 3.63) is 35.1 Å². The van der Waals surface area contributed by atoms with Crippen LogP contribution in [-0.4, -0.2) is 56.4 Å². The van der Waals surface area contributed by atoms with E-state index in [9.17, 15) is 4.39 Å². The smallest absolute Gasteiger partial charge is 0.193 e. The molecule has 0 aliphatic carbocycles. The Morgan fingerprint density at radius 1 is 1.34 bits per heavy atom. The van der Waals surface area contributed by atoms with E-state index in [-0.39, 0.29) is 42.0 Å². The summed E-state index contributed by atoms with van der Waals surface area (Å²) < 4.78 is 25.8. The minimum absolute atomic E-state index is 0. The van der Waals surface area contributed by atoms with Gasteiger partial charge in [0.2, 0.25) is 0 Å². The fraction of sp³-hybridized carbons (Fsp3) is 0.619. The predicted molar refractivity (Wildman–Crippen MR) is 121 cm³/mol. The number of benzene rings is 1. The van der Waals surface area contributed by atoms with Crippen LogP contribution in [0.4, 0.5) is 4.39 Å². The molecule has 0 bridgehead atoms. The van der Waals surface area contributed by atoms with Gasteiger partial charge in [-0.3, -0.25) is 4.99 Å². The molecule has 2 saturated heterocycles. The number of likely N-dealkylation sites (tertiary alicyclic amines) is 1. The topological polar surface area (TPSA) is 69.9 Å². The van der Waals surface area contributed by atoms with Crippen molar-refractivity contribution in [2.45, 2.75) is 50.9 Å². The zero-order chi connectivity index (χ0) is 19.8. The molecule has 2 aliphatic rings. The van der Waals surface area contributed by atoms with Crippen molar-refractivity contribution in [3.8, 4) is 6.07 Å². The SMILES string of the molecule is CN=C(NCc1cc(C#N)ccc1F)N1CCC(OCC2CCCCO2)CC1.I. The number of ether oxygens (including phenoxy) is 2. The second-order valence-electron chi connectivity index (χ2n) is 7.33. The van der Waals surface area contributed by atoms with Crippen molar-refractivity contribution in [1.82, 2.24) is 10.2 Å². The van der Waals surface area contributed by atoms with E-state index in [2.05, 4.69) is 15.2 Å². The molecule has 1 unspecified atom stereocenters. The van der Waals surface area contributed by atoms with Crippen LogP contribution in [0.1, 0.15) is 43.2 Å². The van der Waals surface area contributed by atoms with Gasteiger partial charge in [-0.15, -0.1) is 24.0 Å². The van der Waals surface area contributed by atoms with Crippen molar-refractivity contribution in [3.63, 3.8) is 0 Å². The van der Waals surface area contributed by atoms with E-state index in [4.69, 9.17) is 14.7 Å². The largest absolute Gasteiger partial charge is 0.376 e. The van der Waals surface area contributed by atoms with Crippen LogP contribution in [0.15, 0.2) is 23.2 Å². The summed E-state index contributed by atoms with van der Waals surface area (Å²) in [7, 11) is 1.73. The first-order valence-corrected chi connectivity index (χ1v) is 10.1. The summed E-state index contributed by atoms with van der Waals surface area (Å²) >= 11 is 0. The molecule has 2 fully saturated rings. The van der Waals surface area contributed by atoms with Gasteiger partial charge in [0.1, 0.15) is 5.82 Å². The summed E-state index contributed by atoms with van der Waals surface area (Å²) in [5.41, 5.74) is 0.916. The van der Waals surface area contributed by atoms with Gasteiger partial charge in [-0.05, 0) is 50.3 Å². The maximum absolute atomic E-state index is 14.0. The van der Waals surface area contributed by atoms with E-state index >= 15 is 0 Å². The number of nitriles is 1. The molecule has 0 amide bonds. The minimum atomic E-state index is -0.320. The average molecular weight is 516 g/mol. The van der Waals surface area contributed by atoms with E-state index in [1.54, 1.807) is 13.1 Å². The Bertz CT molecular complexity index is 711. The number of rotatable bonds is 5. The van der Waals surface area contributed by atoms with Gasteiger partial charge >= 0.3 is 0 Å². The molecule has 0 radical (unpaired) electrons. The quantitative estimate of drug-likeness (QED) is 0.369. The zero-order valence-corrected chi connectivity index (χ0v) is 19.2. The second-order valence-corrected chi connectivity index (χ2v) is 7.33. The van der Waals surface area contributed by atoms with Gasteiger partial charge in [0.05, 0.1) is 30.4 Å². The fourth-order valence-electron chi connectivity index (χ4n) is 3.70. The number of nitrogens with one attached hydrogen (secondary N) is 1. The summed E-state index contributed by atoms with van der Waals surface area (Å²) in [5.74, 6) is 0.426. The number of guanidine groups is 1. The standard InChI is InChI=1S/C21H29FN4O2.HI/c1-24-21(25-14-17-12-16(13-23)5-6-20(17)22)26-9-7-18(8-10-26)28-15-19-4-2-3-11-27-19;/h5-6,12,18-19H,2-4,7-11,14-15H2,1H3,(H,24,25);1H. The minimum Gasteiger partial charge on any atom is -0.376 e. The highest BCUT2D eigenvalue weighted by Crippen LogP contribution is 2.18. The Hall–Kier alpha value is -1.44. The number of hydrogen-bond donors (Lipinski definition) is 1. The van der Waals surface area contributed by atoms with Crippen LogP contribution < -0.4 is 5.32 Å². The van der Waals surface area contributed by atoms with Crippen LogP contribution in [0.3, 0.4) is 0 Å². The highest BCUT2D eigenvalue weighted by Gasteiger charge is 2.23. The molecule has 1 aromatic carbocycles. The highest BCUT2D eigenvalue weighted by atomic mass is 127. The average Bonchev–Trinajstić information content (AvgIpc) is 2.75. The molecule has 29 heavy (non-hydrogen) atoms. The summed E-state index contributed by atoms with van der Waals surface area (Å²) in [6, 6.07) is 6.43. The van der Waals surface area contributed by atoms with Gasteiger partial charge in [0.25, 0.3) is 0 Å². The Labute approximate surface area is 189 Å². The Morgan fingerprint density at radius 3 is 2.79 bits per heavy atom. The van der Waals surface area contributed by atoms with E-state index in [0.29, 0.717) is 24.3 Å². The molecule has 2 heterocycles. The number of nitrogens with zero attached hydrogens (tertiary/aromatic N) is 3. The Morgan fingerprint density at radius 2 is 2.14 bits per heavy atom. The van der Waals surface area contributed by atoms with E-state index in [1.165, 1.54) is 18.6 Å². The third-order valence-corrected chi connectivity index (χ3v) is 5.36. The first kappa shape index (κ1) is 23.8. The van der Waals surface area contributed by atoms with E-state index < -0.39 is 0 Å². The van der Waals surface area contributed by atoms with Crippen LogP contribution in [0, 0.1) is 17.1 Å². The number of hydrogen-bond acceptors (Lipinski definition) is 4. The monoisotopic (exact) mass is 516 g/mol. The van der Waals surface area contributed by atoms with Crippen molar-refractivity contribution < 1.29 is 13.9 Å². The van der Waals surface area contributed by atoms with E-state index in [1.807, 2.05) is 6.07 Å². The van der Waals surface area contributed by atoms with Gasteiger partial charge in [-0.25, -0.2) is 4.39 Å². The lowest BCUT2D eigenvalue weighted by molar-refractivity contribution is -0.0721. The van der Waals surface area contributed by atoms with Gasteiger partial charge in [0, 0.05) is 38.9 Å². The summed E-state index contributed by atoms with van der Waals surface area (Å²) in [6.45, 7) is 3.52. The molecular weight excluding hydrogens is 486 g/mol. The van der Waals surface area contributed by atoms with Gasteiger partial charge < -0.3 is 19.7 Å². The molecule has 1 aromatic rings. The molecule has 0 aromatic heterocycles. The molecular formula is C21H30FIN4O2. The lowest BCUT2D eigenvalue weighted by Gasteiger charge is -2.35. The highest BCUT2D eigenvalue weighted by molar-refractivity contribution is 14.0. The maximum atomic E-state index is 14.0. The zero-order valence-electron chi connectivity index (χ0n) is 16.9. The van der Waals surface area contributed by atoms with Gasteiger partial charge in [0.15, 0.2) is 5.96 Å². The maximum Gasteiger partial charge on any atom is 0.193 e. The lowest BCUT2D eigenvalue weighted by atomic mass is 10.1. The number of aliphatic imine (C=N–C) groups is 1. The van der Waals surface area contributed by atoms with Crippen LogP contribution in [0.5, 0.6) is 0 Å².